The Balaban J connectivity index is 1.49. The molecule has 0 unspecified atom stereocenters. The molecule has 4 N–H and O–H groups in total. The molecule has 1 aromatic carbocycles. The van der Waals surface area contributed by atoms with Crippen LogP contribution in [0.1, 0.15) is 11.3 Å². The third-order valence-corrected chi connectivity index (χ3v) is 5.82. The summed E-state index contributed by atoms with van der Waals surface area (Å²) in [5.41, 5.74) is 1.78. The molecule has 2 aromatic rings. The van der Waals surface area contributed by atoms with Crippen molar-refractivity contribution in [2.24, 2.45) is 5.14 Å². The van der Waals surface area contributed by atoms with Crippen LogP contribution in [0.2, 0.25) is 0 Å². The van der Waals surface area contributed by atoms with Crippen LogP contribution >= 0.6 is 11.8 Å². The van der Waals surface area contributed by atoms with Gasteiger partial charge in [0.2, 0.25) is 11.8 Å². The van der Waals surface area contributed by atoms with Crippen molar-refractivity contribution in [3.8, 4) is 0 Å². The van der Waals surface area contributed by atoms with Gasteiger partial charge in [0.05, 0.1) is 17.2 Å². The summed E-state index contributed by atoms with van der Waals surface area (Å²) in [6.07, 6.45) is 0.565. The Kier molecular flexibility index (Phi) is 5.91. The number of nitrogens with two attached hydrogens (primary N) is 1. The number of benzene rings is 1. The Labute approximate surface area is 166 Å². The van der Waals surface area contributed by atoms with E-state index in [2.05, 4.69) is 15.8 Å². The number of amides is 2. The highest BCUT2D eigenvalue weighted by Crippen LogP contribution is 2.32. The lowest BCUT2D eigenvalue weighted by atomic mass is 10.1. The summed E-state index contributed by atoms with van der Waals surface area (Å²) in [5, 5.41) is 14.1. The smallest absolute Gasteiger partial charge is 0.299 e. The molecular formula is C16H19N5O5S2. The number of nitrogens with one attached hydrogen (secondary N) is 2. The van der Waals surface area contributed by atoms with Crippen LogP contribution in [0.25, 0.3) is 0 Å². The van der Waals surface area contributed by atoms with Gasteiger partial charge in [-0.1, -0.05) is 11.2 Å². The molecule has 0 radical (unpaired) electrons. The summed E-state index contributed by atoms with van der Waals surface area (Å²) < 4.78 is 29.2. The van der Waals surface area contributed by atoms with Crippen LogP contribution in [0, 0.1) is 6.92 Å². The van der Waals surface area contributed by atoms with Gasteiger partial charge in [0.15, 0.2) is 5.82 Å². The van der Waals surface area contributed by atoms with Gasteiger partial charge in [-0.25, -0.2) is 5.14 Å². The molecule has 1 aromatic heterocycles. The molecule has 0 saturated carbocycles. The van der Waals surface area contributed by atoms with Gasteiger partial charge < -0.3 is 15.2 Å². The second-order valence-electron chi connectivity index (χ2n) is 6.12. The summed E-state index contributed by atoms with van der Waals surface area (Å²) in [6.45, 7) is 1.99. The van der Waals surface area contributed by atoms with Crippen molar-refractivity contribution in [3.05, 3.63) is 35.6 Å². The lowest BCUT2D eigenvalue weighted by molar-refractivity contribution is -0.114. The van der Waals surface area contributed by atoms with Crippen LogP contribution in [0.15, 0.2) is 28.8 Å². The Morgan fingerprint density at radius 1 is 1.25 bits per heavy atom. The average molecular weight is 425 g/mol. The first-order valence-corrected chi connectivity index (χ1v) is 10.9. The summed E-state index contributed by atoms with van der Waals surface area (Å²) in [5.74, 6) is 0.426. The van der Waals surface area contributed by atoms with Gasteiger partial charge >= 0.3 is 0 Å². The maximum absolute atomic E-state index is 12.1. The van der Waals surface area contributed by atoms with Gasteiger partial charge in [-0.15, -0.1) is 11.8 Å². The van der Waals surface area contributed by atoms with Crippen molar-refractivity contribution in [2.45, 2.75) is 13.3 Å². The zero-order chi connectivity index (χ0) is 20.3. The van der Waals surface area contributed by atoms with Crippen LogP contribution < -0.4 is 20.1 Å². The topological polar surface area (TPSA) is 148 Å². The molecule has 10 nitrogen and oxygen atoms in total. The molecule has 0 atom stereocenters. The van der Waals surface area contributed by atoms with Gasteiger partial charge in [-0.3, -0.25) is 13.9 Å². The SMILES string of the molecule is Cc1cc(NC(=O)CSCC(=O)Nc2ccc3c(c2)N(S(N)(=O)=O)CC3)no1. The third-order valence-electron chi connectivity index (χ3n) is 3.89. The normalized spacial score (nSPS) is 13.3. The molecule has 28 heavy (non-hydrogen) atoms. The van der Waals surface area contributed by atoms with E-state index in [-0.39, 0.29) is 29.9 Å². The Bertz CT molecular complexity index is 1000. The second kappa shape index (κ2) is 8.20. The predicted octanol–water partition coefficient (Wildman–Crippen LogP) is 0.859. The molecular weight excluding hydrogens is 406 g/mol. The molecule has 3 rings (SSSR count). The number of rotatable bonds is 7. The molecule has 2 heterocycles. The maximum atomic E-state index is 12.1. The van der Waals surface area contributed by atoms with Gasteiger partial charge in [-0.2, -0.15) is 8.42 Å². The number of fused-ring (bicyclic) bond motifs is 1. The molecule has 150 valence electrons. The summed E-state index contributed by atoms with van der Waals surface area (Å²) >= 11 is 1.14. The number of hydrogen-bond acceptors (Lipinski definition) is 7. The van der Waals surface area contributed by atoms with Gasteiger partial charge in [-0.05, 0) is 31.0 Å². The zero-order valence-corrected chi connectivity index (χ0v) is 16.6. The summed E-state index contributed by atoms with van der Waals surface area (Å²) in [4.78, 5) is 23.9. The van der Waals surface area contributed by atoms with Crippen molar-refractivity contribution in [2.75, 3.05) is 33.0 Å². The van der Waals surface area contributed by atoms with Gasteiger partial charge in [0.1, 0.15) is 5.76 Å². The monoisotopic (exact) mass is 425 g/mol. The van der Waals surface area contributed by atoms with E-state index in [0.29, 0.717) is 29.4 Å². The van der Waals surface area contributed by atoms with Crippen molar-refractivity contribution in [3.63, 3.8) is 0 Å². The molecule has 12 heteroatoms. The molecule has 1 aliphatic heterocycles. The quantitative estimate of drug-likeness (QED) is 0.596. The van der Waals surface area contributed by atoms with E-state index >= 15 is 0 Å². The lowest BCUT2D eigenvalue weighted by Crippen LogP contribution is -2.35. The Morgan fingerprint density at radius 2 is 1.96 bits per heavy atom. The highest BCUT2D eigenvalue weighted by Gasteiger charge is 2.27. The number of carbonyl (C=O) groups is 2. The molecule has 0 fully saturated rings. The van der Waals surface area contributed by atoms with Crippen molar-refractivity contribution in [1.82, 2.24) is 5.16 Å². The fourth-order valence-electron chi connectivity index (χ4n) is 2.73. The minimum absolute atomic E-state index is 0.0568. The van der Waals surface area contributed by atoms with E-state index in [1.807, 2.05) is 0 Å². The first-order valence-electron chi connectivity index (χ1n) is 8.26. The van der Waals surface area contributed by atoms with Crippen molar-refractivity contribution < 1.29 is 22.5 Å². The van der Waals surface area contributed by atoms with E-state index in [1.54, 1.807) is 31.2 Å². The largest absolute Gasteiger partial charge is 0.360 e. The molecule has 0 bridgehead atoms. The maximum Gasteiger partial charge on any atom is 0.299 e. The molecule has 2 amide bonds. The number of nitrogens with zero attached hydrogens (tertiary/aromatic N) is 2. The fraction of sp³-hybridized carbons (Fsp3) is 0.312. The zero-order valence-electron chi connectivity index (χ0n) is 15.0. The highest BCUT2D eigenvalue weighted by molar-refractivity contribution is 8.00. The van der Waals surface area contributed by atoms with Crippen LogP contribution in [0.5, 0.6) is 0 Å². The minimum Gasteiger partial charge on any atom is -0.360 e. The minimum atomic E-state index is -3.85. The molecule has 0 aliphatic carbocycles. The number of aromatic nitrogens is 1. The van der Waals surface area contributed by atoms with Crippen molar-refractivity contribution >= 4 is 51.0 Å². The Morgan fingerprint density at radius 3 is 2.61 bits per heavy atom. The summed E-state index contributed by atoms with van der Waals surface area (Å²) in [6, 6.07) is 6.63. The van der Waals surface area contributed by atoms with Crippen molar-refractivity contribution in [1.29, 1.82) is 0 Å². The number of hydrogen-bond donors (Lipinski definition) is 3. The first-order chi connectivity index (χ1) is 13.2. The Hall–Kier alpha value is -2.57. The number of anilines is 3. The van der Waals surface area contributed by atoms with E-state index < -0.39 is 10.2 Å². The van der Waals surface area contributed by atoms with Crippen LogP contribution in [0.3, 0.4) is 0 Å². The van der Waals surface area contributed by atoms with Crippen LogP contribution in [0.4, 0.5) is 17.2 Å². The lowest BCUT2D eigenvalue weighted by Gasteiger charge is -2.16. The second-order valence-corrected chi connectivity index (χ2v) is 8.58. The first kappa shape index (κ1) is 20.2. The summed E-state index contributed by atoms with van der Waals surface area (Å²) in [7, 11) is -3.85. The van der Waals surface area contributed by atoms with Gasteiger partial charge in [0.25, 0.3) is 10.2 Å². The number of carbonyl (C=O) groups excluding carboxylic acids is 2. The van der Waals surface area contributed by atoms with E-state index in [9.17, 15) is 18.0 Å². The van der Waals surface area contributed by atoms with E-state index in [4.69, 9.17) is 9.66 Å². The fourth-order valence-corrected chi connectivity index (χ4v) is 4.14. The van der Waals surface area contributed by atoms with Gasteiger partial charge in [0, 0.05) is 18.3 Å². The predicted molar refractivity (Wildman–Crippen MR) is 106 cm³/mol. The molecule has 0 saturated heterocycles. The molecule has 1 aliphatic rings. The standard InChI is InChI=1S/C16H19N5O5S2/c1-10-6-14(20-26-10)19-16(23)9-27-8-15(22)18-12-3-2-11-4-5-21(13(11)7-12)28(17,24)25/h2-3,6-7H,4-5,8-9H2,1H3,(H,18,22)(H2,17,24,25)(H,19,20,23). The number of thioether (sulfide) groups is 1. The van der Waals surface area contributed by atoms with Crippen LogP contribution in [-0.2, 0) is 26.2 Å². The van der Waals surface area contributed by atoms with Crippen LogP contribution in [-0.4, -0.2) is 43.4 Å². The highest BCUT2D eigenvalue weighted by atomic mass is 32.2. The average Bonchev–Trinajstić information content (AvgIpc) is 3.20. The molecule has 0 spiro atoms. The van der Waals surface area contributed by atoms with E-state index in [0.717, 1.165) is 21.6 Å². The number of aryl methyl sites for hydroxylation is 1. The van der Waals surface area contributed by atoms with E-state index in [1.165, 1.54) is 0 Å². The third kappa shape index (κ3) is 5.03.